The molecular formula is C15H13NO5. The smallest absolute Gasteiger partial charge is 0.360 e. The zero-order valence-corrected chi connectivity index (χ0v) is 11.4. The first-order valence-corrected chi connectivity index (χ1v) is 6.08. The summed E-state index contributed by atoms with van der Waals surface area (Å²) in [6.07, 6.45) is 2.68. The second-order valence-electron chi connectivity index (χ2n) is 4.00. The maximum Gasteiger partial charge on any atom is 0.360 e. The van der Waals surface area contributed by atoms with E-state index in [9.17, 15) is 9.59 Å². The highest BCUT2D eigenvalue weighted by Gasteiger charge is 2.15. The number of methoxy groups -OCH3 is 1. The van der Waals surface area contributed by atoms with E-state index in [0.29, 0.717) is 11.1 Å². The molecule has 0 saturated heterocycles. The number of aromatic nitrogens is 1. The molecule has 0 aliphatic rings. The monoisotopic (exact) mass is 287 g/mol. The van der Waals surface area contributed by atoms with Crippen LogP contribution in [-0.2, 0) is 9.47 Å². The molecule has 0 N–H and O–H groups in total. The molecule has 2 aromatic rings. The summed E-state index contributed by atoms with van der Waals surface area (Å²) in [6, 6.07) is 6.55. The van der Waals surface area contributed by atoms with Gasteiger partial charge in [0.25, 0.3) is 0 Å². The van der Waals surface area contributed by atoms with E-state index in [0.717, 1.165) is 0 Å². The number of esters is 2. The van der Waals surface area contributed by atoms with Crippen LogP contribution in [0.3, 0.4) is 0 Å². The molecule has 1 aromatic carbocycles. The normalized spacial score (nSPS) is 9.95. The standard InChI is InChI=1S/C15H13NO5/c1-3-7-20-14(17)11-6-4-5-10(8-11)13-16-12(9-21-13)15(18)19-2/h3-6,8-9H,1,7H2,2H3. The van der Waals surface area contributed by atoms with Crippen LogP contribution in [-0.4, -0.2) is 30.6 Å². The lowest BCUT2D eigenvalue weighted by molar-refractivity contribution is 0.0548. The molecule has 0 aliphatic heterocycles. The van der Waals surface area contributed by atoms with Crippen molar-refractivity contribution in [1.82, 2.24) is 4.98 Å². The minimum atomic E-state index is -0.591. The molecule has 0 saturated carbocycles. The van der Waals surface area contributed by atoms with Crippen LogP contribution in [0.25, 0.3) is 11.5 Å². The highest BCUT2D eigenvalue weighted by molar-refractivity contribution is 5.91. The molecule has 0 radical (unpaired) electrons. The van der Waals surface area contributed by atoms with Crippen molar-refractivity contribution in [2.45, 2.75) is 0 Å². The number of hydrogen-bond acceptors (Lipinski definition) is 6. The maximum atomic E-state index is 11.8. The van der Waals surface area contributed by atoms with Crippen LogP contribution in [0.5, 0.6) is 0 Å². The predicted octanol–water partition coefficient (Wildman–Crippen LogP) is 2.47. The number of carbonyl (C=O) groups is 2. The van der Waals surface area contributed by atoms with Gasteiger partial charge in [0.15, 0.2) is 5.69 Å². The van der Waals surface area contributed by atoms with Crippen molar-refractivity contribution in [3.8, 4) is 11.5 Å². The number of oxazole rings is 1. The van der Waals surface area contributed by atoms with E-state index < -0.39 is 11.9 Å². The highest BCUT2D eigenvalue weighted by atomic mass is 16.5. The first-order chi connectivity index (χ1) is 10.2. The lowest BCUT2D eigenvalue weighted by Crippen LogP contribution is -2.05. The molecule has 0 atom stereocenters. The number of benzene rings is 1. The van der Waals surface area contributed by atoms with Crippen LogP contribution < -0.4 is 0 Å². The maximum absolute atomic E-state index is 11.8. The molecule has 6 nitrogen and oxygen atoms in total. The van der Waals surface area contributed by atoms with Crippen molar-refractivity contribution in [2.75, 3.05) is 13.7 Å². The van der Waals surface area contributed by atoms with Crippen molar-refractivity contribution < 1.29 is 23.5 Å². The molecule has 1 heterocycles. The third kappa shape index (κ3) is 3.36. The fourth-order valence-electron chi connectivity index (χ4n) is 1.60. The number of rotatable bonds is 5. The quantitative estimate of drug-likeness (QED) is 0.621. The Morgan fingerprint density at radius 3 is 2.90 bits per heavy atom. The number of hydrogen-bond donors (Lipinski definition) is 0. The van der Waals surface area contributed by atoms with E-state index in [2.05, 4.69) is 16.3 Å². The Morgan fingerprint density at radius 2 is 2.19 bits per heavy atom. The molecule has 0 amide bonds. The van der Waals surface area contributed by atoms with Gasteiger partial charge in [0, 0.05) is 5.56 Å². The first-order valence-electron chi connectivity index (χ1n) is 6.08. The Kier molecular flexibility index (Phi) is 4.50. The minimum absolute atomic E-state index is 0.0622. The molecular weight excluding hydrogens is 274 g/mol. The lowest BCUT2D eigenvalue weighted by Gasteiger charge is -2.02. The van der Waals surface area contributed by atoms with Gasteiger partial charge < -0.3 is 13.9 Å². The zero-order chi connectivity index (χ0) is 15.2. The first kappa shape index (κ1) is 14.5. The van der Waals surface area contributed by atoms with Gasteiger partial charge in [-0.2, -0.15) is 0 Å². The van der Waals surface area contributed by atoms with E-state index in [1.165, 1.54) is 19.4 Å². The van der Waals surface area contributed by atoms with Crippen molar-refractivity contribution in [3.05, 3.63) is 54.4 Å². The average molecular weight is 287 g/mol. The highest BCUT2D eigenvalue weighted by Crippen LogP contribution is 2.20. The van der Waals surface area contributed by atoms with Crippen LogP contribution in [0, 0.1) is 0 Å². The Hall–Kier alpha value is -2.89. The van der Waals surface area contributed by atoms with Gasteiger partial charge in [-0.05, 0) is 18.2 Å². The van der Waals surface area contributed by atoms with Gasteiger partial charge in [-0.1, -0.05) is 18.7 Å². The fourth-order valence-corrected chi connectivity index (χ4v) is 1.60. The van der Waals surface area contributed by atoms with Crippen LogP contribution >= 0.6 is 0 Å². The van der Waals surface area contributed by atoms with Gasteiger partial charge in [-0.3, -0.25) is 0 Å². The summed E-state index contributed by atoms with van der Waals surface area (Å²) in [4.78, 5) is 27.1. The van der Waals surface area contributed by atoms with Crippen LogP contribution in [0.2, 0.25) is 0 Å². The van der Waals surface area contributed by atoms with Gasteiger partial charge in [-0.25, -0.2) is 14.6 Å². The molecule has 21 heavy (non-hydrogen) atoms. The zero-order valence-electron chi connectivity index (χ0n) is 11.4. The SMILES string of the molecule is C=CCOC(=O)c1cccc(-c2nc(C(=O)OC)co2)c1. The van der Waals surface area contributed by atoms with E-state index in [1.54, 1.807) is 24.3 Å². The van der Waals surface area contributed by atoms with Crippen molar-refractivity contribution in [1.29, 1.82) is 0 Å². The summed E-state index contributed by atoms with van der Waals surface area (Å²) in [6.45, 7) is 3.61. The summed E-state index contributed by atoms with van der Waals surface area (Å²) in [5.41, 5.74) is 0.970. The van der Waals surface area contributed by atoms with Gasteiger partial charge in [-0.15, -0.1) is 0 Å². The summed E-state index contributed by atoms with van der Waals surface area (Å²) >= 11 is 0. The van der Waals surface area contributed by atoms with Gasteiger partial charge >= 0.3 is 11.9 Å². The Morgan fingerprint density at radius 1 is 1.38 bits per heavy atom. The average Bonchev–Trinajstić information content (AvgIpc) is 3.02. The van der Waals surface area contributed by atoms with Gasteiger partial charge in [0.1, 0.15) is 12.9 Å². The molecule has 0 fully saturated rings. The topological polar surface area (TPSA) is 78.6 Å². The van der Waals surface area contributed by atoms with E-state index in [4.69, 9.17) is 9.15 Å². The molecule has 6 heteroatoms. The van der Waals surface area contributed by atoms with E-state index >= 15 is 0 Å². The van der Waals surface area contributed by atoms with Gasteiger partial charge in [0.2, 0.25) is 5.89 Å². The summed E-state index contributed by atoms with van der Waals surface area (Å²) in [5, 5.41) is 0. The Labute approximate surface area is 121 Å². The molecule has 0 aliphatic carbocycles. The second kappa shape index (κ2) is 6.51. The minimum Gasteiger partial charge on any atom is -0.464 e. The third-order valence-electron chi connectivity index (χ3n) is 2.58. The Balaban J connectivity index is 2.24. The van der Waals surface area contributed by atoms with Crippen molar-refractivity contribution in [3.63, 3.8) is 0 Å². The Bertz CT molecular complexity index is 674. The van der Waals surface area contributed by atoms with E-state index in [-0.39, 0.29) is 18.2 Å². The van der Waals surface area contributed by atoms with E-state index in [1.807, 2.05) is 0 Å². The second-order valence-corrected chi connectivity index (χ2v) is 4.00. The van der Waals surface area contributed by atoms with Crippen molar-refractivity contribution >= 4 is 11.9 Å². The van der Waals surface area contributed by atoms with Crippen molar-refractivity contribution in [2.24, 2.45) is 0 Å². The van der Waals surface area contributed by atoms with Crippen LogP contribution in [0.4, 0.5) is 0 Å². The molecule has 0 spiro atoms. The molecule has 108 valence electrons. The summed E-state index contributed by atoms with van der Waals surface area (Å²) < 4.78 is 14.7. The van der Waals surface area contributed by atoms with Crippen LogP contribution in [0.15, 0.2) is 47.6 Å². The number of nitrogens with zero attached hydrogens (tertiary/aromatic N) is 1. The molecule has 0 bridgehead atoms. The molecule has 2 rings (SSSR count). The summed E-state index contributed by atoms with van der Waals surface area (Å²) in [5.74, 6) is -0.850. The molecule has 0 unspecified atom stereocenters. The predicted molar refractivity (Wildman–Crippen MR) is 73.8 cm³/mol. The third-order valence-corrected chi connectivity index (χ3v) is 2.58. The fraction of sp³-hybridized carbons (Fsp3) is 0.133. The molecule has 1 aromatic heterocycles. The van der Waals surface area contributed by atoms with Crippen LogP contribution in [0.1, 0.15) is 20.8 Å². The lowest BCUT2D eigenvalue weighted by atomic mass is 10.1. The van der Waals surface area contributed by atoms with Gasteiger partial charge in [0.05, 0.1) is 12.7 Å². The number of ether oxygens (including phenoxy) is 2. The largest absolute Gasteiger partial charge is 0.464 e. The number of carbonyl (C=O) groups excluding carboxylic acids is 2. The summed E-state index contributed by atoms with van der Waals surface area (Å²) in [7, 11) is 1.26.